The summed E-state index contributed by atoms with van der Waals surface area (Å²) in [5.74, 6) is 3.10. The maximum Gasteiger partial charge on any atom is 0.0228 e. The summed E-state index contributed by atoms with van der Waals surface area (Å²) < 4.78 is 2.44. The van der Waals surface area contributed by atoms with Crippen LogP contribution in [-0.4, -0.2) is 10.1 Å². The molecule has 4 bridgehead atoms. The van der Waals surface area contributed by atoms with Gasteiger partial charge in [0.25, 0.3) is 0 Å². The molecule has 1 aromatic rings. The van der Waals surface area contributed by atoms with Crippen molar-refractivity contribution in [1.29, 1.82) is 0 Å². The summed E-state index contributed by atoms with van der Waals surface area (Å²) in [6.45, 7) is 8.94. The van der Waals surface area contributed by atoms with E-state index in [0.29, 0.717) is 5.54 Å². The van der Waals surface area contributed by atoms with Gasteiger partial charge >= 0.3 is 0 Å². The van der Waals surface area contributed by atoms with Gasteiger partial charge in [0.1, 0.15) is 0 Å². The Morgan fingerprint density at radius 3 is 2.14 bits per heavy atom. The van der Waals surface area contributed by atoms with Crippen LogP contribution in [0, 0.1) is 31.6 Å². The molecule has 21 heavy (non-hydrogen) atoms. The lowest BCUT2D eigenvalue weighted by atomic mass is 9.53. The van der Waals surface area contributed by atoms with Crippen LogP contribution in [0.25, 0.3) is 0 Å². The lowest BCUT2D eigenvalue weighted by Gasteiger charge is -2.57. The van der Waals surface area contributed by atoms with Crippen LogP contribution in [0.3, 0.4) is 0 Å². The standard InChI is InChI=1S/C19H30N2/c1-4-21-13(2)5-18(14(21)3)12-20-19-9-15-6-16(10-19)8-17(7-15)11-19/h5,15-17,20H,4,6-12H2,1-3H3. The van der Waals surface area contributed by atoms with E-state index in [9.17, 15) is 0 Å². The van der Waals surface area contributed by atoms with Crippen molar-refractivity contribution in [2.24, 2.45) is 17.8 Å². The zero-order valence-electron chi connectivity index (χ0n) is 13.9. The Hall–Kier alpha value is -0.760. The largest absolute Gasteiger partial charge is 0.349 e. The van der Waals surface area contributed by atoms with E-state index in [-0.39, 0.29) is 0 Å². The van der Waals surface area contributed by atoms with Gasteiger partial charge in [0, 0.05) is 30.0 Å². The SMILES string of the molecule is CCn1c(C)cc(CNC23CC4CC(CC(C4)C2)C3)c1C. The van der Waals surface area contributed by atoms with Crippen molar-refractivity contribution in [2.75, 3.05) is 0 Å². The average Bonchev–Trinajstić information content (AvgIpc) is 2.69. The first kappa shape index (κ1) is 13.9. The van der Waals surface area contributed by atoms with Gasteiger partial charge in [-0.05, 0) is 88.7 Å². The Labute approximate surface area is 129 Å². The zero-order chi connectivity index (χ0) is 14.6. The lowest BCUT2D eigenvalue weighted by Crippen LogP contribution is -2.58. The van der Waals surface area contributed by atoms with Crippen molar-refractivity contribution in [1.82, 2.24) is 9.88 Å². The highest BCUT2D eigenvalue weighted by Gasteiger charge is 2.50. The van der Waals surface area contributed by atoms with E-state index in [1.807, 2.05) is 0 Å². The molecule has 4 fully saturated rings. The number of nitrogens with one attached hydrogen (secondary N) is 1. The highest BCUT2D eigenvalue weighted by atomic mass is 15.0. The minimum atomic E-state index is 0.489. The monoisotopic (exact) mass is 286 g/mol. The third-order valence-electron chi connectivity index (χ3n) is 6.69. The van der Waals surface area contributed by atoms with Gasteiger partial charge < -0.3 is 9.88 Å². The third-order valence-corrected chi connectivity index (χ3v) is 6.69. The number of rotatable bonds is 4. The Kier molecular flexibility index (Phi) is 3.22. The van der Waals surface area contributed by atoms with Crippen LogP contribution in [0.15, 0.2) is 6.07 Å². The van der Waals surface area contributed by atoms with Gasteiger partial charge in [-0.15, -0.1) is 0 Å². The molecule has 4 saturated carbocycles. The molecule has 0 atom stereocenters. The van der Waals surface area contributed by atoms with Gasteiger partial charge in [-0.3, -0.25) is 0 Å². The van der Waals surface area contributed by atoms with Crippen LogP contribution >= 0.6 is 0 Å². The molecule has 2 heteroatoms. The van der Waals surface area contributed by atoms with Crippen LogP contribution in [0.2, 0.25) is 0 Å². The van der Waals surface area contributed by atoms with Gasteiger partial charge in [-0.2, -0.15) is 0 Å². The molecule has 2 nitrogen and oxygen atoms in total. The van der Waals surface area contributed by atoms with Crippen molar-refractivity contribution < 1.29 is 0 Å². The van der Waals surface area contributed by atoms with Gasteiger partial charge in [-0.1, -0.05) is 0 Å². The van der Waals surface area contributed by atoms with Crippen molar-refractivity contribution in [2.45, 2.75) is 77.9 Å². The summed E-state index contributed by atoms with van der Waals surface area (Å²) in [5.41, 5.74) is 4.89. The topological polar surface area (TPSA) is 17.0 Å². The first-order valence-electron chi connectivity index (χ1n) is 8.99. The minimum Gasteiger partial charge on any atom is -0.349 e. The van der Waals surface area contributed by atoms with E-state index in [2.05, 4.69) is 36.7 Å². The summed E-state index contributed by atoms with van der Waals surface area (Å²) in [5, 5.41) is 4.04. The van der Waals surface area contributed by atoms with E-state index < -0.39 is 0 Å². The quantitative estimate of drug-likeness (QED) is 0.878. The normalized spacial score (nSPS) is 37.4. The van der Waals surface area contributed by atoms with Gasteiger partial charge in [0.2, 0.25) is 0 Å². The van der Waals surface area contributed by atoms with Crippen LogP contribution in [0.5, 0.6) is 0 Å². The molecule has 5 rings (SSSR count). The molecule has 1 N–H and O–H groups in total. The van der Waals surface area contributed by atoms with Crippen LogP contribution < -0.4 is 5.32 Å². The number of hydrogen-bond donors (Lipinski definition) is 1. The number of aromatic nitrogens is 1. The van der Waals surface area contributed by atoms with Crippen LogP contribution in [0.4, 0.5) is 0 Å². The summed E-state index contributed by atoms with van der Waals surface area (Å²) in [7, 11) is 0. The predicted octanol–water partition coefficient (Wildman–Crippen LogP) is 4.18. The molecule has 4 aliphatic carbocycles. The Balaban J connectivity index is 1.50. The summed E-state index contributed by atoms with van der Waals surface area (Å²) in [6.07, 6.45) is 8.95. The predicted molar refractivity (Wildman–Crippen MR) is 87.3 cm³/mol. The van der Waals surface area contributed by atoms with Crippen molar-refractivity contribution in [3.8, 4) is 0 Å². The van der Waals surface area contributed by atoms with E-state index in [1.54, 1.807) is 0 Å². The van der Waals surface area contributed by atoms with Crippen molar-refractivity contribution in [3.63, 3.8) is 0 Å². The molecule has 0 unspecified atom stereocenters. The molecular formula is C19H30N2. The molecule has 0 radical (unpaired) electrons. The smallest absolute Gasteiger partial charge is 0.0228 e. The first-order chi connectivity index (χ1) is 10.1. The van der Waals surface area contributed by atoms with E-state index >= 15 is 0 Å². The molecule has 1 aromatic heterocycles. The fraction of sp³-hybridized carbons (Fsp3) is 0.789. The third kappa shape index (κ3) is 2.27. The molecule has 0 saturated heterocycles. The maximum absolute atomic E-state index is 4.04. The fourth-order valence-corrected chi connectivity index (χ4v) is 6.15. The molecule has 116 valence electrons. The Morgan fingerprint density at radius 1 is 1.10 bits per heavy atom. The molecule has 0 spiro atoms. The number of aryl methyl sites for hydroxylation is 1. The molecular weight excluding hydrogens is 256 g/mol. The summed E-state index contributed by atoms with van der Waals surface area (Å²) in [4.78, 5) is 0. The van der Waals surface area contributed by atoms with Crippen LogP contribution in [-0.2, 0) is 13.1 Å². The van der Waals surface area contributed by atoms with E-state index in [0.717, 1.165) is 30.8 Å². The molecule has 0 amide bonds. The van der Waals surface area contributed by atoms with E-state index in [1.165, 1.54) is 55.5 Å². The second-order valence-corrected chi connectivity index (χ2v) is 8.19. The van der Waals surface area contributed by atoms with Gasteiger partial charge in [0.05, 0.1) is 0 Å². The number of hydrogen-bond acceptors (Lipinski definition) is 1. The first-order valence-corrected chi connectivity index (χ1v) is 8.99. The average molecular weight is 286 g/mol. The van der Waals surface area contributed by atoms with E-state index in [4.69, 9.17) is 0 Å². The molecule has 4 aliphatic rings. The highest BCUT2D eigenvalue weighted by molar-refractivity contribution is 5.27. The van der Waals surface area contributed by atoms with Gasteiger partial charge in [-0.25, -0.2) is 0 Å². The second kappa shape index (κ2) is 4.87. The minimum absolute atomic E-state index is 0.489. The Morgan fingerprint density at radius 2 is 1.67 bits per heavy atom. The van der Waals surface area contributed by atoms with Crippen molar-refractivity contribution >= 4 is 0 Å². The Bertz CT molecular complexity index is 505. The fourth-order valence-electron chi connectivity index (χ4n) is 6.15. The molecule has 0 aliphatic heterocycles. The highest BCUT2D eigenvalue weighted by Crippen LogP contribution is 2.55. The lowest BCUT2D eigenvalue weighted by molar-refractivity contribution is -0.0206. The summed E-state index contributed by atoms with van der Waals surface area (Å²) in [6, 6.07) is 2.40. The number of nitrogens with zero attached hydrogens (tertiary/aromatic N) is 1. The van der Waals surface area contributed by atoms with Crippen LogP contribution in [0.1, 0.15) is 62.4 Å². The zero-order valence-corrected chi connectivity index (χ0v) is 13.9. The molecule has 0 aromatic carbocycles. The van der Waals surface area contributed by atoms with Crippen molar-refractivity contribution in [3.05, 3.63) is 23.0 Å². The maximum atomic E-state index is 4.04. The second-order valence-electron chi connectivity index (χ2n) is 8.19. The van der Waals surface area contributed by atoms with Gasteiger partial charge in [0.15, 0.2) is 0 Å². The summed E-state index contributed by atoms with van der Waals surface area (Å²) >= 11 is 0. The molecule has 1 heterocycles.